The highest BCUT2D eigenvalue weighted by Crippen LogP contribution is 2.36. The molecule has 0 aliphatic carbocycles. The van der Waals surface area contributed by atoms with Crippen molar-refractivity contribution in [3.63, 3.8) is 0 Å². The molecule has 1 saturated heterocycles. The molecule has 16 heavy (non-hydrogen) atoms. The largest absolute Gasteiger partial charge is 0.481 e. The van der Waals surface area contributed by atoms with Crippen LogP contribution < -0.4 is 5.32 Å². The number of halogens is 1. The zero-order chi connectivity index (χ0) is 11.5. The summed E-state index contributed by atoms with van der Waals surface area (Å²) >= 11 is 7.24. The van der Waals surface area contributed by atoms with Gasteiger partial charge in [0.15, 0.2) is 0 Å². The smallest absolute Gasteiger partial charge is 0.312 e. The monoisotopic (exact) mass is 259 g/mol. The summed E-state index contributed by atoms with van der Waals surface area (Å²) in [5, 5.41) is 12.6. The van der Waals surface area contributed by atoms with E-state index >= 15 is 0 Å². The van der Waals surface area contributed by atoms with E-state index in [2.05, 4.69) is 5.32 Å². The van der Waals surface area contributed by atoms with Crippen LogP contribution >= 0.6 is 22.9 Å². The topological polar surface area (TPSA) is 49.3 Å². The third-order valence-electron chi connectivity index (χ3n) is 3.02. The van der Waals surface area contributed by atoms with Crippen LogP contribution in [0.4, 0.5) is 0 Å². The van der Waals surface area contributed by atoms with Gasteiger partial charge in [-0.15, -0.1) is 11.3 Å². The first-order valence-electron chi connectivity index (χ1n) is 5.37. The molecule has 0 saturated carbocycles. The van der Waals surface area contributed by atoms with Gasteiger partial charge in [-0.25, -0.2) is 0 Å². The molecule has 0 bridgehead atoms. The minimum absolute atomic E-state index is 0.230. The third kappa shape index (κ3) is 2.56. The maximum Gasteiger partial charge on any atom is 0.312 e. The Hall–Kier alpha value is -0.580. The van der Waals surface area contributed by atoms with E-state index in [-0.39, 0.29) is 11.8 Å². The summed E-state index contributed by atoms with van der Waals surface area (Å²) in [5.74, 6) is -0.890. The summed E-state index contributed by atoms with van der Waals surface area (Å²) in [5.41, 5.74) is 0. The van der Waals surface area contributed by atoms with Gasteiger partial charge in [-0.2, -0.15) is 0 Å². The first kappa shape index (κ1) is 11.9. The lowest BCUT2D eigenvalue weighted by Gasteiger charge is -2.27. The van der Waals surface area contributed by atoms with Gasteiger partial charge < -0.3 is 10.4 Å². The Kier molecular flexibility index (Phi) is 3.84. The van der Waals surface area contributed by atoms with E-state index in [1.807, 2.05) is 6.07 Å². The Labute approximate surface area is 103 Å². The molecule has 1 unspecified atom stereocenters. The first-order chi connectivity index (χ1) is 7.68. The second-order valence-electron chi connectivity index (χ2n) is 4.05. The summed E-state index contributed by atoms with van der Waals surface area (Å²) < 4.78 is 0.662. The van der Waals surface area contributed by atoms with Crippen LogP contribution in [0.3, 0.4) is 0 Å². The average Bonchev–Trinajstić information content (AvgIpc) is 2.66. The lowest BCUT2D eigenvalue weighted by Crippen LogP contribution is -2.33. The van der Waals surface area contributed by atoms with Crippen molar-refractivity contribution < 1.29 is 9.90 Å². The summed E-state index contributed by atoms with van der Waals surface area (Å²) in [7, 11) is 0. The van der Waals surface area contributed by atoms with Gasteiger partial charge >= 0.3 is 5.97 Å². The molecule has 2 N–H and O–H groups in total. The third-order valence-corrected chi connectivity index (χ3v) is 4.34. The normalized spacial score (nSPS) is 19.6. The molecular weight excluding hydrogens is 246 g/mol. The predicted molar refractivity (Wildman–Crippen MR) is 65.3 cm³/mol. The SMILES string of the molecule is O=C(O)C(c1ccc(Cl)s1)C1CCNCC1. The molecule has 0 spiro atoms. The maximum absolute atomic E-state index is 11.4. The Morgan fingerprint density at radius 3 is 2.69 bits per heavy atom. The Bertz CT molecular complexity index is 374. The molecule has 1 atom stereocenters. The van der Waals surface area contributed by atoms with Crippen LogP contribution in [0.25, 0.3) is 0 Å². The fourth-order valence-electron chi connectivity index (χ4n) is 2.23. The number of carboxylic acids is 1. The quantitative estimate of drug-likeness (QED) is 0.877. The molecule has 88 valence electrons. The molecule has 1 aromatic heterocycles. The van der Waals surface area contributed by atoms with Crippen molar-refractivity contribution in [1.29, 1.82) is 0 Å². The predicted octanol–water partition coefficient (Wildman–Crippen LogP) is 2.57. The molecule has 0 amide bonds. The minimum atomic E-state index is -0.731. The number of hydrogen-bond acceptors (Lipinski definition) is 3. The van der Waals surface area contributed by atoms with Crippen LogP contribution in [0.2, 0.25) is 4.34 Å². The first-order valence-corrected chi connectivity index (χ1v) is 6.56. The molecule has 5 heteroatoms. The van der Waals surface area contributed by atoms with E-state index < -0.39 is 5.97 Å². The summed E-state index contributed by atoms with van der Waals surface area (Å²) in [6.07, 6.45) is 1.85. The molecule has 1 aliphatic heterocycles. The maximum atomic E-state index is 11.4. The van der Waals surface area contributed by atoms with Gasteiger partial charge in [0.25, 0.3) is 0 Å². The fourth-order valence-corrected chi connectivity index (χ4v) is 3.48. The summed E-state index contributed by atoms with van der Waals surface area (Å²) in [4.78, 5) is 12.2. The van der Waals surface area contributed by atoms with Crippen molar-refractivity contribution in [3.05, 3.63) is 21.3 Å². The number of nitrogens with one attached hydrogen (secondary N) is 1. The minimum Gasteiger partial charge on any atom is -0.481 e. The van der Waals surface area contributed by atoms with E-state index in [1.165, 1.54) is 11.3 Å². The Balaban J connectivity index is 2.19. The molecule has 1 aromatic rings. The van der Waals surface area contributed by atoms with E-state index in [4.69, 9.17) is 11.6 Å². The number of hydrogen-bond donors (Lipinski definition) is 2. The van der Waals surface area contributed by atoms with Crippen LogP contribution in [-0.2, 0) is 4.79 Å². The van der Waals surface area contributed by atoms with Gasteiger partial charge in [-0.3, -0.25) is 4.79 Å². The zero-order valence-corrected chi connectivity index (χ0v) is 10.4. The summed E-state index contributed by atoms with van der Waals surface area (Å²) in [6, 6.07) is 3.62. The molecule has 2 heterocycles. The van der Waals surface area contributed by atoms with Crippen LogP contribution in [0, 0.1) is 5.92 Å². The lowest BCUT2D eigenvalue weighted by atomic mass is 9.84. The highest BCUT2D eigenvalue weighted by Gasteiger charge is 2.31. The van der Waals surface area contributed by atoms with E-state index in [1.54, 1.807) is 6.07 Å². The molecule has 0 aromatic carbocycles. The van der Waals surface area contributed by atoms with Gasteiger partial charge in [0.2, 0.25) is 0 Å². The average molecular weight is 260 g/mol. The summed E-state index contributed by atoms with van der Waals surface area (Å²) in [6.45, 7) is 1.82. The van der Waals surface area contributed by atoms with E-state index in [0.717, 1.165) is 30.8 Å². The van der Waals surface area contributed by atoms with Gasteiger partial charge in [0.05, 0.1) is 10.3 Å². The van der Waals surface area contributed by atoms with Gasteiger partial charge in [0.1, 0.15) is 0 Å². The van der Waals surface area contributed by atoms with Crippen molar-refractivity contribution in [2.45, 2.75) is 18.8 Å². The van der Waals surface area contributed by atoms with Gasteiger partial charge in [-0.1, -0.05) is 11.6 Å². The van der Waals surface area contributed by atoms with Gasteiger partial charge in [-0.05, 0) is 44.0 Å². The van der Waals surface area contributed by atoms with Crippen molar-refractivity contribution in [2.24, 2.45) is 5.92 Å². The van der Waals surface area contributed by atoms with Crippen molar-refractivity contribution in [2.75, 3.05) is 13.1 Å². The van der Waals surface area contributed by atoms with E-state index in [0.29, 0.717) is 4.34 Å². The van der Waals surface area contributed by atoms with Gasteiger partial charge in [0, 0.05) is 4.88 Å². The second kappa shape index (κ2) is 5.17. The number of thiophene rings is 1. The van der Waals surface area contributed by atoms with Crippen molar-refractivity contribution >= 4 is 28.9 Å². The zero-order valence-electron chi connectivity index (χ0n) is 8.78. The number of piperidine rings is 1. The standard InChI is InChI=1S/C11H14ClNO2S/c12-9-2-1-8(16-9)10(11(14)15)7-3-5-13-6-4-7/h1-2,7,10,13H,3-6H2,(H,14,15). The van der Waals surface area contributed by atoms with E-state index in [9.17, 15) is 9.90 Å². The second-order valence-corrected chi connectivity index (χ2v) is 5.79. The highest BCUT2D eigenvalue weighted by atomic mass is 35.5. The van der Waals surface area contributed by atoms with Crippen LogP contribution in [0.1, 0.15) is 23.6 Å². The number of rotatable bonds is 3. The van der Waals surface area contributed by atoms with Crippen molar-refractivity contribution in [3.8, 4) is 0 Å². The van der Waals surface area contributed by atoms with Crippen LogP contribution in [-0.4, -0.2) is 24.2 Å². The Morgan fingerprint density at radius 2 is 2.19 bits per heavy atom. The fraction of sp³-hybridized carbons (Fsp3) is 0.545. The van der Waals surface area contributed by atoms with Crippen LogP contribution in [0.5, 0.6) is 0 Å². The molecule has 2 rings (SSSR count). The number of carbonyl (C=O) groups is 1. The molecular formula is C11H14ClNO2S. The molecule has 1 aliphatic rings. The lowest BCUT2D eigenvalue weighted by molar-refractivity contribution is -0.140. The number of aliphatic carboxylic acids is 1. The molecule has 0 radical (unpaired) electrons. The van der Waals surface area contributed by atoms with Crippen molar-refractivity contribution in [1.82, 2.24) is 5.32 Å². The molecule has 3 nitrogen and oxygen atoms in total. The highest BCUT2D eigenvalue weighted by molar-refractivity contribution is 7.16. The van der Waals surface area contributed by atoms with Crippen LogP contribution in [0.15, 0.2) is 12.1 Å². The Morgan fingerprint density at radius 1 is 1.50 bits per heavy atom. The number of carboxylic acid groups (broad SMARTS) is 1. The molecule has 1 fully saturated rings.